The third-order valence-corrected chi connectivity index (χ3v) is 4.01. The van der Waals surface area contributed by atoms with Gasteiger partial charge in [-0.25, -0.2) is 0 Å². The summed E-state index contributed by atoms with van der Waals surface area (Å²) in [4.78, 5) is 13.5. The van der Waals surface area contributed by atoms with Crippen LogP contribution in [0.25, 0.3) is 0 Å². The van der Waals surface area contributed by atoms with E-state index in [1.807, 2.05) is 19.1 Å². The van der Waals surface area contributed by atoms with E-state index in [9.17, 15) is 4.79 Å². The van der Waals surface area contributed by atoms with Gasteiger partial charge in [-0.3, -0.25) is 4.79 Å². The number of hydrogen-bond acceptors (Lipinski definition) is 4. The number of aryl methyl sites for hydroxylation is 1. The lowest BCUT2D eigenvalue weighted by Gasteiger charge is -2.02. The van der Waals surface area contributed by atoms with Gasteiger partial charge in [-0.15, -0.1) is 11.3 Å². The normalized spacial score (nSPS) is 10.4. The van der Waals surface area contributed by atoms with Crippen molar-refractivity contribution in [3.05, 3.63) is 21.9 Å². The first-order chi connectivity index (χ1) is 7.74. The molecular weight excluding hydrogens is 242 g/mol. The van der Waals surface area contributed by atoms with Gasteiger partial charge in [0.05, 0.1) is 4.88 Å². The number of amides is 1. The van der Waals surface area contributed by atoms with E-state index in [2.05, 4.69) is 5.32 Å². The molecule has 1 aromatic rings. The minimum absolute atomic E-state index is 0.0147. The highest BCUT2D eigenvalue weighted by Gasteiger charge is 2.06. The van der Waals surface area contributed by atoms with Gasteiger partial charge in [-0.1, -0.05) is 0 Å². The number of nitrogens with one attached hydrogen (secondary N) is 1. The second kappa shape index (κ2) is 7.70. The Morgan fingerprint density at radius 1 is 1.50 bits per heavy atom. The first kappa shape index (κ1) is 13.5. The van der Waals surface area contributed by atoms with E-state index >= 15 is 0 Å². The fraction of sp³-hybridized carbons (Fsp3) is 0.545. The van der Waals surface area contributed by atoms with E-state index in [0.717, 1.165) is 27.7 Å². The highest BCUT2D eigenvalue weighted by molar-refractivity contribution is 7.99. The van der Waals surface area contributed by atoms with E-state index in [1.54, 1.807) is 11.8 Å². The molecule has 0 unspecified atom stereocenters. The molecule has 3 nitrogen and oxygen atoms in total. The zero-order chi connectivity index (χ0) is 11.8. The van der Waals surface area contributed by atoms with E-state index in [4.69, 9.17) is 5.11 Å². The van der Waals surface area contributed by atoms with E-state index in [1.165, 1.54) is 11.3 Å². The Kier molecular flexibility index (Phi) is 6.52. The Balaban J connectivity index is 2.11. The van der Waals surface area contributed by atoms with Crippen molar-refractivity contribution >= 4 is 29.0 Å². The minimum Gasteiger partial charge on any atom is -0.396 e. The molecule has 16 heavy (non-hydrogen) atoms. The summed E-state index contributed by atoms with van der Waals surface area (Å²) in [6, 6.07) is 3.81. The lowest BCUT2D eigenvalue weighted by atomic mass is 10.4. The highest BCUT2D eigenvalue weighted by Crippen LogP contribution is 2.14. The van der Waals surface area contributed by atoms with E-state index in [-0.39, 0.29) is 12.5 Å². The third-order valence-electron chi connectivity index (χ3n) is 1.94. The molecule has 0 aliphatic rings. The van der Waals surface area contributed by atoms with Crippen LogP contribution in [-0.2, 0) is 0 Å². The molecule has 0 radical (unpaired) electrons. The maximum absolute atomic E-state index is 11.6. The molecule has 0 aromatic carbocycles. The summed E-state index contributed by atoms with van der Waals surface area (Å²) in [5.41, 5.74) is 0. The summed E-state index contributed by atoms with van der Waals surface area (Å²) >= 11 is 3.26. The molecule has 2 N–H and O–H groups in total. The van der Waals surface area contributed by atoms with Crippen LogP contribution in [0, 0.1) is 6.92 Å². The number of carbonyl (C=O) groups is 1. The number of aliphatic hydroxyl groups excluding tert-OH is 1. The van der Waals surface area contributed by atoms with Gasteiger partial charge in [-0.2, -0.15) is 11.8 Å². The largest absolute Gasteiger partial charge is 0.396 e. The van der Waals surface area contributed by atoms with Crippen molar-refractivity contribution in [2.45, 2.75) is 13.3 Å². The van der Waals surface area contributed by atoms with Crippen molar-refractivity contribution in [3.8, 4) is 0 Å². The standard InChI is InChI=1S/C11H17NO2S2/c1-9-3-4-10(16-9)11(14)12-5-8-15-7-2-6-13/h3-4,13H,2,5-8H2,1H3,(H,12,14). The Morgan fingerprint density at radius 2 is 2.31 bits per heavy atom. The summed E-state index contributed by atoms with van der Waals surface area (Å²) in [5.74, 6) is 1.86. The predicted octanol–water partition coefficient (Wildman–Crippen LogP) is 1.90. The monoisotopic (exact) mass is 259 g/mol. The second-order valence-corrected chi connectivity index (χ2v) is 5.87. The van der Waals surface area contributed by atoms with Gasteiger partial charge in [-0.05, 0) is 31.2 Å². The second-order valence-electron chi connectivity index (χ2n) is 3.36. The SMILES string of the molecule is Cc1ccc(C(=O)NCCSCCCO)s1. The van der Waals surface area contributed by atoms with Crippen LogP contribution in [0.2, 0.25) is 0 Å². The van der Waals surface area contributed by atoms with Crippen LogP contribution in [0.4, 0.5) is 0 Å². The fourth-order valence-electron chi connectivity index (χ4n) is 1.15. The average Bonchev–Trinajstić information content (AvgIpc) is 2.70. The van der Waals surface area contributed by atoms with Gasteiger partial charge in [0.2, 0.25) is 0 Å². The molecular formula is C11H17NO2S2. The van der Waals surface area contributed by atoms with Crippen molar-refractivity contribution < 1.29 is 9.90 Å². The Labute approximate surface area is 104 Å². The van der Waals surface area contributed by atoms with Gasteiger partial charge in [0.25, 0.3) is 5.91 Å². The van der Waals surface area contributed by atoms with Gasteiger partial charge in [0.15, 0.2) is 0 Å². The molecule has 1 rings (SSSR count). The van der Waals surface area contributed by atoms with Crippen molar-refractivity contribution in [2.24, 2.45) is 0 Å². The lowest BCUT2D eigenvalue weighted by molar-refractivity contribution is 0.0960. The molecule has 5 heteroatoms. The van der Waals surface area contributed by atoms with Crippen molar-refractivity contribution in [1.82, 2.24) is 5.32 Å². The number of hydrogen-bond donors (Lipinski definition) is 2. The summed E-state index contributed by atoms with van der Waals surface area (Å²) < 4.78 is 0. The van der Waals surface area contributed by atoms with Crippen molar-refractivity contribution in [1.29, 1.82) is 0 Å². The first-order valence-corrected chi connectivity index (χ1v) is 7.24. The van der Waals surface area contributed by atoms with Crippen molar-refractivity contribution in [3.63, 3.8) is 0 Å². The Morgan fingerprint density at radius 3 is 2.94 bits per heavy atom. The molecule has 0 saturated heterocycles. The summed E-state index contributed by atoms with van der Waals surface area (Å²) in [7, 11) is 0. The third kappa shape index (κ3) is 5.01. The summed E-state index contributed by atoms with van der Waals surface area (Å²) in [5, 5.41) is 11.5. The first-order valence-electron chi connectivity index (χ1n) is 5.27. The van der Waals surface area contributed by atoms with E-state index < -0.39 is 0 Å². The molecule has 0 bridgehead atoms. The van der Waals surface area contributed by atoms with Crippen LogP contribution in [0.1, 0.15) is 21.0 Å². The zero-order valence-corrected chi connectivity index (χ0v) is 11.0. The van der Waals surface area contributed by atoms with Gasteiger partial charge >= 0.3 is 0 Å². The molecule has 0 saturated carbocycles. The van der Waals surface area contributed by atoms with Crippen LogP contribution in [0.3, 0.4) is 0 Å². The predicted molar refractivity (Wildman–Crippen MR) is 70.4 cm³/mol. The minimum atomic E-state index is 0.0147. The summed E-state index contributed by atoms with van der Waals surface area (Å²) in [6.07, 6.45) is 0.822. The van der Waals surface area contributed by atoms with Gasteiger partial charge < -0.3 is 10.4 Å². The molecule has 0 aliphatic heterocycles. The smallest absolute Gasteiger partial charge is 0.261 e. The van der Waals surface area contributed by atoms with Gasteiger partial charge in [0.1, 0.15) is 0 Å². The van der Waals surface area contributed by atoms with Crippen LogP contribution in [0.5, 0.6) is 0 Å². The fourth-order valence-corrected chi connectivity index (χ4v) is 2.72. The maximum atomic E-state index is 11.6. The number of carbonyl (C=O) groups excluding carboxylic acids is 1. The zero-order valence-electron chi connectivity index (χ0n) is 9.36. The lowest BCUT2D eigenvalue weighted by Crippen LogP contribution is -2.24. The molecule has 0 aliphatic carbocycles. The number of rotatable bonds is 7. The van der Waals surface area contributed by atoms with Crippen LogP contribution < -0.4 is 5.32 Å². The molecule has 0 atom stereocenters. The molecule has 0 fully saturated rings. The molecule has 0 spiro atoms. The molecule has 1 heterocycles. The quantitative estimate of drug-likeness (QED) is 0.735. The topological polar surface area (TPSA) is 49.3 Å². The van der Waals surface area contributed by atoms with Crippen LogP contribution in [-0.4, -0.2) is 35.7 Å². The highest BCUT2D eigenvalue weighted by atomic mass is 32.2. The molecule has 90 valence electrons. The summed E-state index contributed by atoms with van der Waals surface area (Å²) in [6.45, 7) is 2.92. The Bertz CT molecular complexity index is 326. The van der Waals surface area contributed by atoms with Crippen LogP contribution >= 0.6 is 23.1 Å². The molecule has 1 amide bonds. The number of aliphatic hydroxyl groups is 1. The van der Waals surface area contributed by atoms with Gasteiger partial charge in [0, 0.05) is 23.8 Å². The Hall–Kier alpha value is -0.520. The molecule has 1 aromatic heterocycles. The van der Waals surface area contributed by atoms with E-state index in [0.29, 0.717) is 6.54 Å². The van der Waals surface area contributed by atoms with Crippen LogP contribution in [0.15, 0.2) is 12.1 Å². The number of thioether (sulfide) groups is 1. The van der Waals surface area contributed by atoms with Crippen molar-refractivity contribution in [2.75, 3.05) is 24.7 Å². The average molecular weight is 259 g/mol. The number of thiophene rings is 1. The maximum Gasteiger partial charge on any atom is 0.261 e.